The molecular formula is C9H17BrN2O2S. The highest BCUT2D eigenvalue weighted by Crippen LogP contribution is 2.17. The first kappa shape index (κ1) is 13.2. The first-order valence-corrected chi connectivity index (χ1v) is 7.23. The minimum Gasteiger partial charge on any atom is -0.197 e. The molecule has 4 nitrogen and oxygen atoms in total. The van der Waals surface area contributed by atoms with E-state index < -0.39 is 10.2 Å². The van der Waals surface area contributed by atoms with Crippen LogP contribution in [0.25, 0.3) is 0 Å². The lowest BCUT2D eigenvalue weighted by atomic mass is 10.0. The molecular weight excluding hydrogens is 280 g/mol. The van der Waals surface area contributed by atoms with Crippen LogP contribution in [0.1, 0.15) is 19.8 Å². The summed E-state index contributed by atoms with van der Waals surface area (Å²) < 4.78 is 28.1. The summed E-state index contributed by atoms with van der Waals surface area (Å²) in [7, 11) is -3.31. The average Bonchev–Trinajstić information content (AvgIpc) is 2.16. The Labute approximate surface area is 100 Å². The lowest BCUT2D eigenvalue weighted by Crippen LogP contribution is -2.44. The molecule has 0 amide bonds. The number of halogens is 1. The van der Waals surface area contributed by atoms with Crippen LogP contribution in [0.15, 0.2) is 11.1 Å². The fourth-order valence-corrected chi connectivity index (χ4v) is 3.04. The maximum atomic E-state index is 11.7. The number of rotatable bonds is 4. The zero-order valence-electron chi connectivity index (χ0n) is 8.87. The summed E-state index contributed by atoms with van der Waals surface area (Å²) in [5, 5.41) is 0. The Kier molecular flexibility index (Phi) is 4.76. The first-order chi connectivity index (χ1) is 6.92. The van der Waals surface area contributed by atoms with Crippen molar-refractivity contribution in [2.45, 2.75) is 19.8 Å². The molecule has 1 rings (SSSR count). The van der Waals surface area contributed by atoms with Crippen molar-refractivity contribution in [2.24, 2.45) is 5.92 Å². The van der Waals surface area contributed by atoms with Gasteiger partial charge in [-0.2, -0.15) is 17.4 Å². The fourth-order valence-electron chi connectivity index (χ4n) is 1.49. The van der Waals surface area contributed by atoms with Crippen molar-refractivity contribution in [1.82, 2.24) is 9.03 Å². The molecule has 1 fully saturated rings. The minimum atomic E-state index is -3.31. The van der Waals surface area contributed by atoms with E-state index in [4.69, 9.17) is 0 Å². The van der Waals surface area contributed by atoms with E-state index in [1.807, 2.05) is 0 Å². The van der Waals surface area contributed by atoms with Crippen LogP contribution in [-0.4, -0.2) is 32.4 Å². The number of piperidine rings is 1. The third-order valence-electron chi connectivity index (χ3n) is 2.53. The van der Waals surface area contributed by atoms with Gasteiger partial charge >= 0.3 is 0 Å². The lowest BCUT2D eigenvalue weighted by molar-refractivity contribution is 0.285. The van der Waals surface area contributed by atoms with Crippen molar-refractivity contribution in [1.29, 1.82) is 0 Å². The van der Waals surface area contributed by atoms with E-state index in [0.717, 1.165) is 12.8 Å². The number of hydrogen-bond acceptors (Lipinski definition) is 2. The van der Waals surface area contributed by atoms with Crippen LogP contribution in [0.4, 0.5) is 0 Å². The van der Waals surface area contributed by atoms with Crippen LogP contribution < -0.4 is 4.72 Å². The summed E-state index contributed by atoms with van der Waals surface area (Å²) in [5.41, 5.74) is 0. The predicted molar refractivity (Wildman–Crippen MR) is 65.0 cm³/mol. The van der Waals surface area contributed by atoms with Gasteiger partial charge in [-0.15, -0.1) is 0 Å². The van der Waals surface area contributed by atoms with E-state index in [2.05, 4.69) is 34.2 Å². The van der Waals surface area contributed by atoms with E-state index >= 15 is 0 Å². The van der Waals surface area contributed by atoms with Gasteiger partial charge in [0.25, 0.3) is 10.2 Å². The highest BCUT2D eigenvalue weighted by molar-refractivity contribution is 9.11. The largest absolute Gasteiger partial charge is 0.279 e. The van der Waals surface area contributed by atoms with E-state index in [1.54, 1.807) is 0 Å². The van der Waals surface area contributed by atoms with Gasteiger partial charge < -0.3 is 0 Å². The van der Waals surface area contributed by atoms with Gasteiger partial charge in [0.15, 0.2) is 0 Å². The molecule has 1 heterocycles. The van der Waals surface area contributed by atoms with Gasteiger partial charge in [-0.25, -0.2) is 0 Å². The third-order valence-corrected chi connectivity index (χ3v) is 4.36. The molecule has 88 valence electrons. The molecule has 0 atom stereocenters. The highest BCUT2D eigenvalue weighted by atomic mass is 79.9. The molecule has 0 saturated carbocycles. The van der Waals surface area contributed by atoms with Crippen molar-refractivity contribution < 1.29 is 8.42 Å². The molecule has 0 bridgehead atoms. The molecule has 0 aliphatic carbocycles. The van der Waals surface area contributed by atoms with Crippen molar-refractivity contribution in [3.8, 4) is 0 Å². The number of nitrogens with zero attached hydrogens (tertiary/aromatic N) is 1. The van der Waals surface area contributed by atoms with Gasteiger partial charge in [-0.05, 0) is 18.8 Å². The summed E-state index contributed by atoms with van der Waals surface area (Å²) in [4.78, 5) is 0. The third kappa shape index (κ3) is 4.22. The molecule has 0 spiro atoms. The number of nitrogens with one attached hydrogen (secondary N) is 1. The normalized spacial score (nSPS) is 20.4. The predicted octanol–water partition coefficient (Wildman–Crippen LogP) is 1.46. The van der Waals surface area contributed by atoms with Gasteiger partial charge in [-0.1, -0.05) is 29.4 Å². The van der Waals surface area contributed by atoms with Gasteiger partial charge in [0, 0.05) is 24.1 Å². The molecule has 6 heteroatoms. The van der Waals surface area contributed by atoms with Gasteiger partial charge in [-0.3, -0.25) is 0 Å². The van der Waals surface area contributed by atoms with Gasteiger partial charge in [0.1, 0.15) is 0 Å². The van der Waals surface area contributed by atoms with Crippen LogP contribution >= 0.6 is 15.9 Å². The van der Waals surface area contributed by atoms with Crippen LogP contribution in [0.2, 0.25) is 0 Å². The molecule has 1 saturated heterocycles. The van der Waals surface area contributed by atoms with Gasteiger partial charge in [0.2, 0.25) is 0 Å². The van der Waals surface area contributed by atoms with E-state index in [-0.39, 0.29) is 6.54 Å². The zero-order chi connectivity index (χ0) is 11.5. The second kappa shape index (κ2) is 5.43. The van der Waals surface area contributed by atoms with Crippen molar-refractivity contribution in [3.63, 3.8) is 0 Å². The monoisotopic (exact) mass is 296 g/mol. The molecule has 0 unspecified atom stereocenters. The van der Waals surface area contributed by atoms with Crippen molar-refractivity contribution in [2.75, 3.05) is 19.6 Å². The second-order valence-electron chi connectivity index (χ2n) is 3.92. The summed E-state index contributed by atoms with van der Waals surface area (Å²) in [5.74, 6) is 0.627. The second-order valence-corrected chi connectivity index (χ2v) is 6.80. The Morgan fingerprint density at radius 1 is 1.53 bits per heavy atom. The van der Waals surface area contributed by atoms with Crippen molar-refractivity contribution in [3.05, 3.63) is 11.1 Å². The minimum absolute atomic E-state index is 0.244. The SMILES string of the molecule is C=C(Br)CNS(=O)(=O)N1CCC(C)CC1. The van der Waals surface area contributed by atoms with Crippen LogP contribution in [0.5, 0.6) is 0 Å². The van der Waals surface area contributed by atoms with Crippen LogP contribution in [-0.2, 0) is 10.2 Å². The molecule has 1 N–H and O–H groups in total. The molecule has 15 heavy (non-hydrogen) atoms. The Hall–Kier alpha value is 0.0900. The zero-order valence-corrected chi connectivity index (χ0v) is 11.3. The van der Waals surface area contributed by atoms with Crippen molar-refractivity contribution >= 4 is 26.1 Å². The lowest BCUT2D eigenvalue weighted by Gasteiger charge is -2.29. The summed E-state index contributed by atoms with van der Waals surface area (Å²) in [6, 6.07) is 0. The van der Waals surface area contributed by atoms with Gasteiger partial charge in [0.05, 0.1) is 0 Å². The molecule has 1 aliphatic heterocycles. The average molecular weight is 297 g/mol. The fraction of sp³-hybridized carbons (Fsp3) is 0.778. The van der Waals surface area contributed by atoms with E-state index in [9.17, 15) is 8.42 Å². The Morgan fingerprint density at radius 2 is 2.07 bits per heavy atom. The van der Waals surface area contributed by atoms with E-state index in [0.29, 0.717) is 23.5 Å². The van der Waals surface area contributed by atoms with Crippen LogP contribution in [0, 0.1) is 5.92 Å². The van der Waals surface area contributed by atoms with Crippen LogP contribution in [0.3, 0.4) is 0 Å². The Morgan fingerprint density at radius 3 is 2.53 bits per heavy atom. The van der Waals surface area contributed by atoms with E-state index in [1.165, 1.54) is 4.31 Å². The standard InChI is InChI=1S/C9H17BrN2O2S/c1-8-3-5-12(6-4-8)15(13,14)11-7-9(2)10/h8,11H,2-7H2,1H3. The topological polar surface area (TPSA) is 49.4 Å². The first-order valence-electron chi connectivity index (χ1n) is 5.00. The maximum absolute atomic E-state index is 11.7. The smallest absolute Gasteiger partial charge is 0.197 e. The number of hydrogen-bond donors (Lipinski definition) is 1. The molecule has 0 aromatic heterocycles. The quantitative estimate of drug-likeness (QED) is 0.854. The summed E-state index contributed by atoms with van der Waals surface area (Å²) in [6.45, 7) is 7.21. The molecule has 1 aliphatic rings. The maximum Gasteiger partial charge on any atom is 0.279 e. The Balaban J connectivity index is 2.50. The molecule has 0 radical (unpaired) electrons. The summed E-state index contributed by atoms with van der Waals surface area (Å²) in [6.07, 6.45) is 1.88. The molecule has 0 aromatic carbocycles. The summed E-state index contributed by atoms with van der Waals surface area (Å²) >= 11 is 3.12. The highest BCUT2D eigenvalue weighted by Gasteiger charge is 2.25. The molecule has 0 aromatic rings. The Bertz CT molecular complexity index is 321.